The summed E-state index contributed by atoms with van der Waals surface area (Å²) >= 11 is 0. The van der Waals surface area contributed by atoms with Gasteiger partial charge < -0.3 is 14.8 Å². The van der Waals surface area contributed by atoms with Crippen LogP contribution in [-0.4, -0.2) is 23.5 Å². The number of para-hydroxylation sites is 2. The van der Waals surface area contributed by atoms with Gasteiger partial charge in [0, 0.05) is 17.8 Å². The Morgan fingerprint density at radius 2 is 1.96 bits per heavy atom. The molecule has 0 heterocycles. The van der Waals surface area contributed by atoms with E-state index in [2.05, 4.69) is 5.32 Å². The van der Waals surface area contributed by atoms with E-state index >= 15 is 0 Å². The fourth-order valence-electron chi connectivity index (χ4n) is 1.99. The Labute approximate surface area is 139 Å². The van der Waals surface area contributed by atoms with Gasteiger partial charge in [0.25, 0.3) is 5.91 Å². The third-order valence-corrected chi connectivity index (χ3v) is 2.91. The van der Waals surface area contributed by atoms with E-state index in [1.807, 2.05) is 13.8 Å². The number of nitrogens with one attached hydrogen (secondary N) is 1. The highest BCUT2D eigenvalue weighted by atomic mass is 16.6. The van der Waals surface area contributed by atoms with Crippen LogP contribution in [-0.2, 0) is 4.79 Å². The average Bonchev–Trinajstić information content (AvgIpc) is 2.53. The van der Waals surface area contributed by atoms with Crippen LogP contribution in [0.2, 0.25) is 0 Å². The van der Waals surface area contributed by atoms with E-state index in [-0.39, 0.29) is 24.1 Å². The van der Waals surface area contributed by atoms with Gasteiger partial charge in [-0.3, -0.25) is 14.9 Å². The highest BCUT2D eigenvalue weighted by Gasteiger charge is 2.15. The van der Waals surface area contributed by atoms with Crippen LogP contribution in [0.4, 0.5) is 11.4 Å². The van der Waals surface area contributed by atoms with E-state index in [9.17, 15) is 14.9 Å². The number of rotatable bonds is 7. The number of anilines is 1. The maximum absolute atomic E-state index is 12.0. The third-order valence-electron chi connectivity index (χ3n) is 2.91. The molecule has 0 atom stereocenters. The molecule has 0 bridgehead atoms. The van der Waals surface area contributed by atoms with Gasteiger partial charge in [0.2, 0.25) is 0 Å². The molecule has 7 heteroatoms. The normalized spacial score (nSPS) is 10.3. The summed E-state index contributed by atoms with van der Waals surface area (Å²) in [7, 11) is 0. The van der Waals surface area contributed by atoms with Gasteiger partial charge in [0.1, 0.15) is 5.75 Å². The maximum atomic E-state index is 12.0. The molecule has 0 aliphatic carbocycles. The van der Waals surface area contributed by atoms with Gasteiger partial charge in [0.15, 0.2) is 12.4 Å². The Morgan fingerprint density at radius 1 is 1.21 bits per heavy atom. The standard InChI is InChI=1S/C17H18N2O5/c1-12(2)24-14-7-5-6-13(10-14)18-17(20)11-23-16-9-4-3-8-15(16)19(21)22/h3-10,12H,11H2,1-2H3,(H,18,20). The number of carbonyl (C=O) groups excluding carboxylic acids is 1. The molecular formula is C17H18N2O5. The predicted octanol–water partition coefficient (Wildman–Crippen LogP) is 3.40. The van der Waals surface area contributed by atoms with Gasteiger partial charge in [-0.1, -0.05) is 18.2 Å². The maximum Gasteiger partial charge on any atom is 0.310 e. The zero-order valence-corrected chi connectivity index (χ0v) is 13.4. The molecule has 0 aliphatic rings. The number of ether oxygens (including phenoxy) is 2. The fourth-order valence-corrected chi connectivity index (χ4v) is 1.99. The minimum atomic E-state index is -0.556. The van der Waals surface area contributed by atoms with Crippen molar-refractivity contribution in [3.8, 4) is 11.5 Å². The quantitative estimate of drug-likeness (QED) is 0.620. The lowest BCUT2D eigenvalue weighted by Crippen LogP contribution is -2.20. The summed E-state index contributed by atoms with van der Waals surface area (Å²) in [5.41, 5.74) is 0.377. The molecule has 7 nitrogen and oxygen atoms in total. The van der Waals surface area contributed by atoms with Gasteiger partial charge >= 0.3 is 5.69 Å². The molecule has 0 radical (unpaired) electrons. The highest BCUT2D eigenvalue weighted by Crippen LogP contribution is 2.25. The summed E-state index contributed by atoms with van der Waals surface area (Å²) < 4.78 is 10.8. The Morgan fingerprint density at radius 3 is 2.67 bits per heavy atom. The third kappa shape index (κ3) is 4.98. The first-order valence-electron chi connectivity index (χ1n) is 7.38. The van der Waals surface area contributed by atoms with Gasteiger partial charge in [0.05, 0.1) is 11.0 Å². The number of carbonyl (C=O) groups is 1. The second-order valence-electron chi connectivity index (χ2n) is 5.26. The number of hydrogen-bond acceptors (Lipinski definition) is 5. The molecule has 0 saturated carbocycles. The first kappa shape index (κ1) is 17.3. The van der Waals surface area contributed by atoms with Crippen molar-refractivity contribution in [2.45, 2.75) is 20.0 Å². The van der Waals surface area contributed by atoms with Crippen molar-refractivity contribution in [3.05, 3.63) is 58.6 Å². The summed E-state index contributed by atoms with van der Waals surface area (Å²) in [4.78, 5) is 22.3. The van der Waals surface area contributed by atoms with Crippen LogP contribution in [0, 0.1) is 10.1 Å². The number of nitrogens with zero attached hydrogens (tertiary/aromatic N) is 1. The predicted molar refractivity (Wildman–Crippen MR) is 89.4 cm³/mol. The molecule has 0 fully saturated rings. The zero-order valence-electron chi connectivity index (χ0n) is 13.4. The molecule has 0 unspecified atom stereocenters. The highest BCUT2D eigenvalue weighted by molar-refractivity contribution is 5.92. The molecule has 2 aromatic rings. The van der Waals surface area contributed by atoms with E-state index in [0.717, 1.165) is 0 Å². The molecular weight excluding hydrogens is 312 g/mol. The molecule has 0 aliphatic heterocycles. The Bertz CT molecular complexity index is 730. The lowest BCUT2D eigenvalue weighted by atomic mass is 10.3. The molecule has 0 spiro atoms. The minimum Gasteiger partial charge on any atom is -0.491 e. The molecule has 1 amide bonds. The van der Waals surface area contributed by atoms with Gasteiger partial charge in [-0.25, -0.2) is 0 Å². The molecule has 126 valence electrons. The van der Waals surface area contributed by atoms with Crippen molar-refractivity contribution >= 4 is 17.3 Å². The summed E-state index contributed by atoms with van der Waals surface area (Å²) in [6.07, 6.45) is 0.0258. The van der Waals surface area contributed by atoms with Crippen LogP contribution in [0.1, 0.15) is 13.8 Å². The summed E-state index contributed by atoms with van der Waals surface area (Å²) in [6, 6.07) is 12.9. The SMILES string of the molecule is CC(C)Oc1cccc(NC(=O)COc2ccccc2[N+](=O)[O-])c1. The van der Waals surface area contributed by atoms with Crippen LogP contribution >= 0.6 is 0 Å². The van der Waals surface area contributed by atoms with Crippen molar-refractivity contribution < 1.29 is 19.2 Å². The monoisotopic (exact) mass is 330 g/mol. The number of nitro benzene ring substituents is 1. The van der Waals surface area contributed by atoms with Crippen molar-refractivity contribution in [2.24, 2.45) is 0 Å². The molecule has 2 aromatic carbocycles. The molecule has 2 rings (SSSR count). The Hall–Kier alpha value is -3.09. The van der Waals surface area contributed by atoms with Gasteiger partial charge in [-0.05, 0) is 32.0 Å². The number of amides is 1. The second-order valence-corrected chi connectivity index (χ2v) is 5.26. The summed E-state index contributed by atoms with van der Waals surface area (Å²) in [5, 5.41) is 13.6. The number of nitro groups is 1. The smallest absolute Gasteiger partial charge is 0.310 e. The molecule has 1 N–H and O–H groups in total. The fraction of sp³-hybridized carbons (Fsp3) is 0.235. The lowest BCUT2D eigenvalue weighted by molar-refractivity contribution is -0.385. The van der Waals surface area contributed by atoms with Crippen LogP contribution in [0.15, 0.2) is 48.5 Å². The topological polar surface area (TPSA) is 90.7 Å². The molecule has 0 aromatic heterocycles. The summed E-state index contributed by atoms with van der Waals surface area (Å²) in [6.45, 7) is 3.48. The van der Waals surface area contributed by atoms with Crippen LogP contribution in [0.5, 0.6) is 11.5 Å². The van der Waals surface area contributed by atoms with E-state index in [1.54, 1.807) is 30.3 Å². The first-order chi connectivity index (χ1) is 11.5. The molecule has 24 heavy (non-hydrogen) atoms. The zero-order chi connectivity index (χ0) is 17.5. The van der Waals surface area contributed by atoms with Crippen molar-refractivity contribution in [3.63, 3.8) is 0 Å². The largest absolute Gasteiger partial charge is 0.491 e. The van der Waals surface area contributed by atoms with Crippen LogP contribution in [0.3, 0.4) is 0 Å². The van der Waals surface area contributed by atoms with Crippen molar-refractivity contribution in [1.29, 1.82) is 0 Å². The van der Waals surface area contributed by atoms with Gasteiger partial charge in [-0.2, -0.15) is 0 Å². The van der Waals surface area contributed by atoms with Crippen LogP contribution in [0.25, 0.3) is 0 Å². The van der Waals surface area contributed by atoms with Crippen LogP contribution < -0.4 is 14.8 Å². The lowest BCUT2D eigenvalue weighted by Gasteiger charge is -2.12. The van der Waals surface area contributed by atoms with E-state index in [1.165, 1.54) is 18.2 Å². The first-order valence-corrected chi connectivity index (χ1v) is 7.38. The second kappa shape index (κ2) is 7.96. The Balaban J connectivity index is 1.96. The molecule has 0 saturated heterocycles. The average molecular weight is 330 g/mol. The summed E-state index contributed by atoms with van der Waals surface area (Å²) in [5.74, 6) is 0.270. The number of hydrogen-bond donors (Lipinski definition) is 1. The van der Waals surface area contributed by atoms with Crippen molar-refractivity contribution in [2.75, 3.05) is 11.9 Å². The minimum absolute atomic E-state index is 0.0258. The van der Waals surface area contributed by atoms with Gasteiger partial charge in [-0.15, -0.1) is 0 Å². The van der Waals surface area contributed by atoms with E-state index in [4.69, 9.17) is 9.47 Å². The van der Waals surface area contributed by atoms with E-state index in [0.29, 0.717) is 11.4 Å². The Kier molecular flexibility index (Phi) is 5.73. The van der Waals surface area contributed by atoms with Crippen molar-refractivity contribution in [1.82, 2.24) is 0 Å². The van der Waals surface area contributed by atoms with E-state index < -0.39 is 10.8 Å². The number of benzene rings is 2.